The molecule has 8 heteroatoms. The van der Waals surface area contributed by atoms with E-state index in [1.165, 1.54) is 4.31 Å². The molecule has 0 aromatic heterocycles. The molecule has 0 unspecified atom stereocenters. The molecule has 2 aromatic rings. The van der Waals surface area contributed by atoms with Crippen LogP contribution in [-0.2, 0) is 14.8 Å². The molecule has 0 saturated carbocycles. The van der Waals surface area contributed by atoms with Gasteiger partial charge in [-0.3, -0.25) is 4.79 Å². The van der Waals surface area contributed by atoms with Crippen LogP contribution in [0.25, 0.3) is 0 Å². The number of carbonyl (C=O) groups excluding carboxylic acids is 1. The fourth-order valence-corrected chi connectivity index (χ4v) is 5.54. The monoisotopic (exact) mass is 463 g/mol. The minimum atomic E-state index is -3.55. The summed E-state index contributed by atoms with van der Waals surface area (Å²) in [5.41, 5.74) is 2.62. The Labute approximate surface area is 190 Å². The Hall–Kier alpha value is -2.09. The number of rotatable bonds is 6. The zero-order valence-electron chi connectivity index (χ0n) is 18.4. The maximum Gasteiger partial charge on any atom is 0.243 e. The number of anilines is 2. The highest BCUT2D eigenvalue weighted by Gasteiger charge is 2.32. The number of hydrogen-bond donors (Lipinski definition) is 1. The number of hydrogen-bond acceptors (Lipinski definition) is 4. The molecule has 3 rings (SSSR count). The highest BCUT2D eigenvalue weighted by Crippen LogP contribution is 2.29. The molecule has 0 aliphatic carbocycles. The summed E-state index contributed by atoms with van der Waals surface area (Å²) in [4.78, 5) is 14.9. The van der Waals surface area contributed by atoms with Crippen molar-refractivity contribution in [3.05, 3.63) is 53.1 Å². The van der Waals surface area contributed by atoms with Gasteiger partial charge in [0, 0.05) is 38.8 Å². The lowest BCUT2D eigenvalue weighted by Crippen LogP contribution is -2.41. The van der Waals surface area contributed by atoms with Crippen molar-refractivity contribution in [1.82, 2.24) is 4.31 Å². The van der Waals surface area contributed by atoms with E-state index in [4.69, 9.17) is 11.6 Å². The molecule has 0 bridgehead atoms. The molecule has 0 spiro atoms. The van der Waals surface area contributed by atoms with Crippen LogP contribution in [0.3, 0.4) is 0 Å². The second kappa shape index (κ2) is 9.59. The first-order chi connectivity index (χ1) is 14.6. The van der Waals surface area contributed by atoms with Crippen molar-refractivity contribution in [3.8, 4) is 0 Å². The van der Waals surface area contributed by atoms with E-state index in [1.807, 2.05) is 43.3 Å². The lowest BCUT2D eigenvalue weighted by Gasteiger charge is -2.30. The average molecular weight is 464 g/mol. The Balaban J connectivity index is 1.60. The Kier molecular flexibility index (Phi) is 7.29. The van der Waals surface area contributed by atoms with Gasteiger partial charge in [0.2, 0.25) is 15.9 Å². The molecule has 1 N–H and O–H groups in total. The molecule has 1 amide bonds. The molecular weight excluding hydrogens is 434 g/mol. The molecule has 1 heterocycles. The van der Waals surface area contributed by atoms with Crippen molar-refractivity contribution in [2.24, 2.45) is 5.92 Å². The Morgan fingerprint density at radius 2 is 1.71 bits per heavy atom. The number of carbonyl (C=O) groups is 1. The summed E-state index contributed by atoms with van der Waals surface area (Å²) in [5, 5.41) is 3.47. The standard InChI is InChI=1S/C23H30ClN3O3S/c1-16(2)17-5-8-20(9-6-17)31(29,30)27-13-11-18(12-14-27)23(28)25-19-7-10-22(26(3)4)21(24)15-19/h5-10,15-16,18H,11-14H2,1-4H3,(H,25,28). The van der Waals surface area contributed by atoms with E-state index in [0.717, 1.165) is 11.3 Å². The zero-order valence-corrected chi connectivity index (χ0v) is 20.0. The first-order valence-corrected chi connectivity index (χ1v) is 12.3. The SMILES string of the molecule is CC(C)c1ccc(S(=O)(=O)N2CCC(C(=O)Nc3ccc(N(C)C)c(Cl)c3)CC2)cc1. The van der Waals surface area contributed by atoms with Gasteiger partial charge in [-0.15, -0.1) is 0 Å². The van der Waals surface area contributed by atoms with Crippen LogP contribution in [0.5, 0.6) is 0 Å². The topological polar surface area (TPSA) is 69.7 Å². The van der Waals surface area contributed by atoms with Crippen LogP contribution >= 0.6 is 11.6 Å². The molecule has 1 saturated heterocycles. The van der Waals surface area contributed by atoms with Crippen LogP contribution < -0.4 is 10.2 Å². The summed E-state index contributed by atoms with van der Waals surface area (Å²) >= 11 is 6.28. The molecule has 0 atom stereocenters. The number of piperidine rings is 1. The van der Waals surface area contributed by atoms with Crippen molar-refractivity contribution >= 4 is 38.9 Å². The number of nitrogens with one attached hydrogen (secondary N) is 1. The molecule has 1 aliphatic heterocycles. The Morgan fingerprint density at radius 1 is 1.10 bits per heavy atom. The van der Waals surface area contributed by atoms with Crippen LogP contribution in [0, 0.1) is 5.92 Å². The summed E-state index contributed by atoms with van der Waals surface area (Å²) in [7, 11) is 0.254. The maximum absolute atomic E-state index is 13.0. The summed E-state index contributed by atoms with van der Waals surface area (Å²) in [6.07, 6.45) is 0.970. The van der Waals surface area contributed by atoms with Crippen LogP contribution in [0.15, 0.2) is 47.4 Å². The third-order valence-electron chi connectivity index (χ3n) is 5.71. The van der Waals surface area contributed by atoms with Crippen molar-refractivity contribution < 1.29 is 13.2 Å². The van der Waals surface area contributed by atoms with E-state index in [0.29, 0.717) is 47.5 Å². The van der Waals surface area contributed by atoms with E-state index >= 15 is 0 Å². The molecule has 0 radical (unpaired) electrons. The number of halogens is 1. The summed E-state index contributed by atoms with van der Waals surface area (Å²) in [5.74, 6) is 0.00838. The van der Waals surface area contributed by atoms with Crippen LogP contribution in [0.2, 0.25) is 5.02 Å². The number of amides is 1. The minimum absolute atomic E-state index is 0.105. The third kappa shape index (κ3) is 5.40. The molecule has 1 aliphatic rings. The van der Waals surface area contributed by atoms with Gasteiger partial charge in [0.25, 0.3) is 0 Å². The Bertz CT molecular complexity index is 1030. The van der Waals surface area contributed by atoms with Gasteiger partial charge >= 0.3 is 0 Å². The predicted molar refractivity (Wildman–Crippen MR) is 126 cm³/mol. The van der Waals surface area contributed by atoms with Crippen molar-refractivity contribution in [2.75, 3.05) is 37.4 Å². The number of nitrogens with zero attached hydrogens (tertiary/aromatic N) is 2. The fourth-order valence-electron chi connectivity index (χ4n) is 3.72. The summed E-state index contributed by atoms with van der Waals surface area (Å²) in [6, 6.07) is 12.5. The molecule has 168 valence electrons. The molecule has 1 fully saturated rings. The number of benzene rings is 2. The first-order valence-electron chi connectivity index (χ1n) is 10.5. The second-order valence-electron chi connectivity index (χ2n) is 8.45. The van der Waals surface area contributed by atoms with Crippen LogP contribution in [0.1, 0.15) is 38.2 Å². The van der Waals surface area contributed by atoms with Gasteiger partial charge in [0.1, 0.15) is 0 Å². The lowest BCUT2D eigenvalue weighted by molar-refractivity contribution is -0.120. The zero-order chi connectivity index (χ0) is 22.8. The lowest BCUT2D eigenvalue weighted by atomic mass is 9.97. The van der Waals surface area contributed by atoms with E-state index in [-0.39, 0.29) is 11.8 Å². The normalized spacial score (nSPS) is 15.8. The van der Waals surface area contributed by atoms with Gasteiger partial charge < -0.3 is 10.2 Å². The molecule has 2 aromatic carbocycles. The second-order valence-corrected chi connectivity index (χ2v) is 10.8. The highest BCUT2D eigenvalue weighted by atomic mass is 35.5. The molecule has 31 heavy (non-hydrogen) atoms. The highest BCUT2D eigenvalue weighted by molar-refractivity contribution is 7.89. The smallest absolute Gasteiger partial charge is 0.243 e. The quantitative estimate of drug-likeness (QED) is 0.681. The van der Waals surface area contributed by atoms with Gasteiger partial charge in [0.05, 0.1) is 15.6 Å². The van der Waals surface area contributed by atoms with Gasteiger partial charge in [-0.25, -0.2) is 8.42 Å². The van der Waals surface area contributed by atoms with Crippen molar-refractivity contribution in [1.29, 1.82) is 0 Å². The third-order valence-corrected chi connectivity index (χ3v) is 7.92. The Morgan fingerprint density at radius 3 is 2.23 bits per heavy atom. The van der Waals surface area contributed by atoms with E-state index in [9.17, 15) is 13.2 Å². The summed E-state index contributed by atoms with van der Waals surface area (Å²) < 4.78 is 27.4. The van der Waals surface area contributed by atoms with E-state index in [1.54, 1.807) is 18.2 Å². The van der Waals surface area contributed by atoms with Crippen molar-refractivity contribution in [3.63, 3.8) is 0 Å². The first kappa shape index (κ1) is 23.6. The maximum atomic E-state index is 13.0. The van der Waals surface area contributed by atoms with Crippen LogP contribution in [0.4, 0.5) is 11.4 Å². The predicted octanol–water partition coefficient (Wildman–Crippen LogP) is 4.57. The van der Waals surface area contributed by atoms with Gasteiger partial charge in [0.15, 0.2) is 0 Å². The van der Waals surface area contributed by atoms with Crippen molar-refractivity contribution in [2.45, 2.75) is 37.5 Å². The van der Waals surface area contributed by atoms with E-state index < -0.39 is 10.0 Å². The summed E-state index contributed by atoms with van der Waals surface area (Å²) in [6.45, 7) is 4.80. The minimum Gasteiger partial charge on any atom is -0.376 e. The average Bonchev–Trinajstić information content (AvgIpc) is 2.73. The van der Waals surface area contributed by atoms with Gasteiger partial charge in [-0.2, -0.15) is 4.31 Å². The van der Waals surface area contributed by atoms with Gasteiger partial charge in [-0.1, -0.05) is 37.6 Å². The molecular formula is C23H30ClN3O3S. The molecule has 6 nitrogen and oxygen atoms in total. The fraction of sp³-hybridized carbons (Fsp3) is 0.435. The van der Waals surface area contributed by atoms with Crippen LogP contribution in [-0.4, -0.2) is 45.8 Å². The van der Waals surface area contributed by atoms with Gasteiger partial charge in [-0.05, 0) is 54.7 Å². The van der Waals surface area contributed by atoms with E-state index in [2.05, 4.69) is 19.2 Å². The number of sulfonamides is 1. The largest absolute Gasteiger partial charge is 0.376 e.